The SMILES string of the molecule is C=C/C=c1\c(=C/C(C)C)c(C)nn1C.CC. The monoisotopic (exact) mass is 220 g/mol. The van der Waals surface area contributed by atoms with Gasteiger partial charge >= 0.3 is 0 Å². The van der Waals surface area contributed by atoms with Gasteiger partial charge in [-0.15, -0.1) is 0 Å². The topological polar surface area (TPSA) is 17.8 Å². The fourth-order valence-electron chi connectivity index (χ4n) is 1.54. The summed E-state index contributed by atoms with van der Waals surface area (Å²) in [5.41, 5.74) is 1.08. The van der Waals surface area contributed by atoms with Gasteiger partial charge in [0.25, 0.3) is 0 Å². The Bertz CT molecular complexity index is 436. The predicted octanol–water partition coefficient (Wildman–Crippen LogP) is 2.16. The Morgan fingerprint density at radius 2 is 1.88 bits per heavy atom. The molecule has 0 aliphatic rings. The molecule has 1 rings (SSSR count). The first kappa shape index (κ1) is 14.7. The molecule has 0 spiro atoms. The molecule has 16 heavy (non-hydrogen) atoms. The van der Waals surface area contributed by atoms with E-state index in [1.54, 1.807) is 6.08 Å². The van der Waals surface area contributed by atoms with Gasteiger partial charge in [0, 0.05) is 12.3 Å². The van der Waals surface area contributed by atoms with Crippen LogP contribution in [0.15, 0.2) is 12.7 Å². The lowest BCUT2D eigenvalue weighted by Crippen LogP contribution is -2.29. The summed E-state index contributed by atoms with van der Waals surface area (Å²) in [4.78, 5) is 0. The zero-order chi connectivity index (χ0) is 12.7. The van der Waals surface area contributed by atoms with E-state index in [0.29, 0.717) is 5.92 Å². The van der Waals surface area contributed by atoms with Gasteiger partial charge in [0.1, 0.15) is 0 Å². The molecule has 90 valence electrons. The lowest BCUT2D eigenvalue weighted by Gasteiger charge is -1.92. The second-order valence-electron chi connectivity index (χ2n) is 3.82. The molecule has 0 bridgehead atoms. The van der Waals surface area contributed by atoms with Gasteiger partial charge in [0.05, 0.1) is 11.0 Å². The van der Waals surface area contributed by atoms with E-state index < -0.39 is 0 Å². The first-order valence-electron chi connectivity index (χ1n) is 5.90. The minimum Gasteiger partial charge on any atom is -0.268 e. The van der Waals surface area contributed by atoms with Crippen molar-refractivity contribution in [1.82, 2.24) is 9.78 Å². The Morgan fingerprint density at radius 1 is 1.31 bits per heavy atom. The van der Waals surface area contributed by atoms with Crippen molar-refractivity contribution in [3.05, 3.63) is 28.9 Å². The summed E-state index contributed by atoms with van der Waals surface area (Å²) in [7, 11) is 1.96. The first-order chi connectivity index (χ1) is 7.56. The van der Waals surface area contributed by atoms with Crippen molar-refractivity contribution >= 4 is 12.2 Å². The third-order valence-electron chi connectivity index (χ3n) is 2.09. The van der Waals surface area contributed by atoms with Crippen molar-refractivity contribution < 1.29 is 0 Å². The van der Waals surface area contributed by atoms with Crippen molar-refractivity contribution in [3.8, 4) is 0 Å². The number of hydrogen-bond acceptors (Lipinski definition) is 1. The Labute approximate surface area is 99.0 Å². The molecule has 0 amide bonds. The zero-order valence-electron chi connectivity index (χ0n) is 11.4. The third kappa shape index (κ3) is 3.69. The Balaban J connectivity index is 0.00000106. The van der Waals surface area contributed by atoms with E-state index in [1.165, 1.54) is 5.22 Å². The van der Waals surface area contributed by atoms with Crippen LogP contribution in [0.5, 0.6) is 0 Å². The molecule has 0 aromatic carbocycles. The Kier molecular flexibility index (Phi) is 6.47. The summed E-state index contributed by atoms with van der Waals surface area (Å²) in [6.45, 7) is 14.1. The molecule has 0 N–H and O–H groups in total. The van der Waals surface area contributed by atoms with Crippen molar-refractivity contribution in [2.24, 2.45) is 13.0 Å². The normalized spacial score (nSPS) is 12.7. The van der Waals surface area contributed by atoms with Crippen molar-refractivity contribution in [1.29, 1.82) is 0 Å². The number of allylic oxidation sites excluding steroid dienone is 1. The van der Waals surface area contributed by atoms with E-state index in [0.717, 1.165) is 11.0 Å². The van der Waals surface area contributed by atoms with Crippen LogP contribution >= 0.6 is 0 Å². The van der Waals surface area contributed by atoms with Gasteiger partial charge in [-0.25, -0.2) is 0 Å². The van der Waals surface area contributed by atoms with E-state index in [2.05, 4.69) is 31.6 Å². The minimum atomic E-state index is 0.537. The molecule has 0 aliphatic heterocycles. The summed E-state index contributed by atoms with van der Waals surface area (Å²) in [6, 6.07) is 0. The highest BCUT2D eigenvalue weighted by Gasteiger charge is 1.99. The maximum absolute atomic E-state index is 4.39. The summed E-state index contributed by atoms with van der Waals surface area (Å²) in [6.07, 6.45) is 6.03. The summed E-state index contributed by atoms with van der Waals surface area (Å²) in [5.74, 6) is 0.537. The smallest absolute Gasteiger partial charge is 0.0678 e. The van der Waals surface area contributed by atoms with E-state index >= 15 is 0 Å². The standard InChI is InChI=1S/C12H18N2.C2H6/c1-6-7-12-11(8-9(2)3)10(4)13-14(12)5;1-2/h6-9H,1H2,2-5H3;1-2H3/b11-8-,12-7+;. The summed E-state index contributed by atoms with van der Waals surface area (Å²) < 4.78 is 1.89. The van der Waals surface area contributed by atoms with Crippen molar-refractivity contribution in [3.63, 3.8) is 0 Å². The molecule has 1 heterocycles. The van der Waals surface area contributed by atoms with Crippen molar-refractivity contribution in [2.45, 2.75) is 34.6 Å². The van der Waals surface area contributed by atoms with Crippen LogP contribution in [-0.4, -0.2) is 9.78 Å². The second kappa shape index (κ2) is 7.04. The molecule has 0 aliphatic carbocycles. The van der Waals surface area contributed by atoms with Gasteiger partial charge in [-0.1, -0.05) is 46.4 Å². The fourth-order valence-corrected chi connectivity index (χ4v) is 1.54. The molecular weight excluding hydrogens is 196 g/mol. The highest BCUT2D eigenvalue weighted by atomic mass is 15.3. The Hall–Kier alpha value is -1.31. The molecule has 0 saturated carbocycles. The van der Waals surface area contributed by atoms with E-state index in [4.69, 9.17) is 0 Å². The summed E-state index contributed by atoms with van der Waals surface area (Å²) >= 11 is 0. The van der Waals surface area contributed by atoms with Crippen LogP contribution in [-0.2, 0) is 7.05 Å². The van der Waals surface area contributed by atoms with Gasteiger partial charge in [-0.05, 0) is 18.9 Å². The van der Waals surface area contributed by atoms with Crippen LogP contribution in [0.4, 0.5) is 0 Å². The van der Waals surface area contributed by atoms with Gasteiger partial charge in [0.2, 0.25) is 0 Å². The first-order valence-corrected chi connectivity index (χ1v) is 5.90. The van der Waals surface area contributed by atoms with Gasteiger partial charge < -0.3 is 0 Å². The number of rotatable bonds is 2. The van der Waals surface area contributed by atoms with Crippen LogP contribution in [0.2, 0.25) is 0 Å². The average molecular weight is 220 g/mol. The van der Waals surface area contributed by atoms with Crippen LogP contribution in [0, 0.1) is 12.8 Å². The minimum absolute atomic E-state index is 0.537. The lowest BCUT2D eigenvalue weighted by atomic mass is 10.1. The quantitative estimate of drug-likeness (QED) is 0.747. The molecule has 2 nitrogen and oxygen atoms in total. The molecule has 0 fully saturated rings. The number of aromatic nitrogens is 2. The zero-order valence-corrected chi connectivity index (χ0v) is 11.4. The maximum atomic E-state index is 4.39. The maximum Gasteiger partial charge on any atom is 0.0678 e. The third-order valence-corrected chi connectivity index (χ3v) is 2.09. The summed E-state index contributed by atoms with van der Waals surface area (Å²) in [5, 5.41) is 6.74. The van der Waals surface area contributed by atoms with Crippen LogP contribution < -0.4 is 10.6 Å². The van der Waals surface area contributed by atoms with Gasteiger partial charge in [0.15, 0.2) is 0 Å². The molecule has 0 saturated heterocycles. The fraction of sp³-hybridized carbons (Fsp3) is 0.500. The largest absolute Gasteiger partial charge is 0.268 e. The lowest BCUT2D eigenvalue weighted by molar-refractivity contribution is 0.734. The molecule has 0 radical (unpaired) electrons. The highest BCUT2D eigenvalue weighted by Crippen LogP contribution is 1.92. The molecule has 1 aromatic rings. The van der Waals surface area contributed by atoms with E-state index in [1.807, 2.05) is 38.6 Å². The van der Waals surface area contributed by atoms with E-state index in [9.17, 15) is 0 Å². The van der Waals surface area contributed by atoms with Crippen LogP contribution in [0.3, 0.4) is 0 Å². The number of nitrogens with zero attached hydrogens (tertiary/aromatic N) is 2. The molecule has 0 unspecified atom stereocenters. The molecule has 2 heteroatoms. The number of hydrogen-bond donors (Lipinski definition) is 0. The van der Waals surface area contributed by atoms with E-state index in [-0.39, 0.29) is 0 Å². The molecule has 1 aromatic heterocycles. The predicted molar refractivity (Wildman–Crippen MR) is 72.5 cm³/mol. The van der Waals surface area contributed by atoms with Gasteiger partial charge in [-0.2, -0.15) is 5.10 Å². The highest BCUT2D eigenvalue weighted by molar-refractivity contribution is 5.37. The number of aryl methyl sites for hydroxylation is 2. The average Bonchev–Trinajstić information content (AvgIpc) is 2.48. The van der Waals surface area contributed by atoms with Gasteiger partial charge in [-0.3, -0.25) is 4.68 Å². The van der Waals surface area contributed by atoms with Crippen LogP contribution in [0.25, 0.3) is 12.2 Å². The van der Waals surface area contributed by atoms with Crippen LogP contribution in [0.1, 0.15) is 33.4 Å². The second-order valence-corrected chi connectivity index (χ2v) is 3.82. The van der Waals surface area contributed by atoms with Crippen molar-refractivity contribution in [2.75, 3.05) is 0 Å². The Morgan fingerprint density at radius 3 is 2.31 bits per heavy atom. The molecular formula is C14H24N2. The molecule has 0 atom stereocenters.